The van der Waals surface area contributed by atoms with E-state index in [9.17, 15) is 4.79 Å². The summed E-state index contributed by atoms with van der Waals surface area (Å²) in [4.78, 5) is 29.4. The highest BCUT2D eigenvalue weighted by molar-refractivity contribution is 5.84. The van der Waals surface area contributed by atoms with E-state index < -0.39 is 6.09 Å². The number of anilines is 2. The number of nitrogens with zero attached hydrogens (tertiary/aromatic N) is 4. The molecule has 0 aliphatic carbocycles. The van der Waals surface area contributed by atoms with Crippen LogP contribution in [0.25, 0.3) is 11.2 Å². The molecule has 3 N–H and O–H groups in total. The molecule has 2 aromatic rings. The Morgan fingerprint density at radius 2 is 2.38 bits per heavy atom. The minimum absolute atomic E-state index is 0.0448. The lowest BCUT2D eigenvalue weighted by molar-refractivity contribution is 0.167. The molecule has 0 aromatic carbocycles. The molecular weight excluding hydrogens is 274 g/mol. The highest BCUT2D eigenvalue weighted by Crippen LogP contribution is 2.25. The molecule has 0 radical (unpaired) electrons. The van der Waals surface area contributed by atoms with Crippen LogP contribution in [0.3, 0.4) is 0 Å². The Bertz CT molecular complexity index is 656. The quantitative estimate of drug-likeness (QED) is 0.747. The molecule has 3 rings (SSSR count). The number of methoxy groups -OCH3 is 1. The van der Waals surface area contributed by atoms with Crippen molar-refractivity contribution >= 4 is 29.0 Å². The Kier molecular flexibility index (Phi) is 3.46. The molecule has 9 heteroatoms. The predicted molar refractivity (Wildman–Crippen MR) is 77.4 cm³/mol. The first kappa shape index (κ1) is 13.4. The lowest BCUT2D eigenvalue weighted by atomic mass is 10.3. The van der Waals surface area contributed by atoms with Crippen molar-refractivity contribution < 1.29 is 9.53 Å². The van der Waals surface area contributed by atoms with Crippen LogP contribution in [0.1, 0.15) is 6.42 Å². The van der Waals surface area contributed by atoms with Gasteiger partial charge in [-0.15, -0.1) is 0 Å². The number of carbonyl (C=O) groups is 1. The number of aromatic amines is 1. The van der Waals surface area contributed by atoms with E-state index in [0.29, 0.717) is 18.1 Å². The first-order valence-electron chi connectivity index (χ1n) is 6.69. The van der Waals surface area contributed by atoms with Crippen LogP contribution in [0.2, 0.25) is 0 Å². The van der Waals surface area contributed by atoms with Gasteiger partial charge in [-0.3, -0.25) is 0 Å². The van der Waals surface area contributed by atoms with Gasteiger partial charge in [-0.25, -0.2) is 9.78 Å². The Labute approximate surface area is 121 Å². The number of alkyl carbamates (subject to hydrolysis) is 1. The monoisotopic (exact) mass is 291 g/mol. The topological polar surface area (TPSA) is 108 Å². The van der Waals surface area contributed by atoms with Gasteiger partial charge in [0.05, 0.1) is 19.5 Å². The first-order valence-corrected chi connectivity index (χ1v) is 6.69. The van der Waals surface area contributed by atoms with E-state index in [4.69, 9.17) is 0 Å². The van der Waals surface area contributed by atoms with Gasteiger partial charge < -0.3 is 25.3 Å². The molecule has 0 spiro atoms. The maximum Gasteiger partial charge on any atom is 0.407 e. The zero-order valence-electron chi connectivity index (χ0n) is 11.9. The summed E-state index contributed by atoms with van der Waals surface area (Å²) in [5.74, 6) is 1.31. The molecule has 0 bridgehead atoms. The van der Waals surface area contributed by atoms with Crippen molar-refractivity contribution in [3.63, 3.8) is 0 Å². The molecular formula is C12H17N7O2. The minimum atomic E-state index is -0.410. The fourth-order valence-corrected chi connectivity index (χ4v) is 2.45. The largest absolute Gasteiger partial charge is 0.453 e. The second-order valence-corrected chi connectivity index (χ2v) is 4.79. The first-order chi connectivity index (χ1) is 10.2. The van der Waals surface area contributed by atoms with Gasteiger partial charge in [-0.05, 0) is 6.42 Å². The van der Waals surface area contributed by atoms with Crippen molar-refractivity contribution in [1.82, 2.24) is 25.3 Å². The van der Waals surface area contributed by atoms with Gasteiger partial charge in [0.2, 0.25) is 5.95 Å². The van der Waals surface area contributed by atoms with Gasteiger partial charge in [0.1, 0.15) is 5.52 Å². The zero-order chi connectivity index (χ0) is 14.8. The molecule has 1 unspecified atom stereocenters. The second kappa shape index (κ2) is 5.43. The number of hydrogen-bond acceptors (Lipinski definition) is 7. The number of rotatable bonds is 3. The number of hydrogen-bond donors (Lipinski definition) is 3. The van der Waals surface area contributed by atoms with Gasteiger partial charge >= 0.3 is 6.09 Å². The molecule has 112 valence electrons. The summed E-state index contributed by atoms with van der Waals surface area (Å²) in [7, 11) is 3.13. The van der Waals surface area contributed by atoms with Crippen molar-refractivity contribution in [2.24, 2.45) is 0 Å². The summed E-state index contributed by atoms with van der Waals surface area (Å²) < 4.78 is 4.63. The van der Waals surface area contributed by atoms with Gasteiger partial charge in [0.15, 0.2) is 11.5 Å². The van der Waals surface area contributed by atoms with Crippen molar-refractivity contribution in [1.29, 1.82) is 0 Å². The lowest BCUT2D eigenvalue weighted by Gasteiger charge is -2.18. The molecule has 3 heterocycles. The number of ether oxygens (including phenoxy) is 1. The normalized spacial score (nSPS) is 18.0. The van der Waals surface area contributed by atoms with E-state index in [0.717, 1.165) is 24.3 Å². The third kappa shape index (κ3) is 2.54. The van der Waals surface area contributed by atoms with Crippen molar-refractivity contribution in [3.05, 3.63) is 6.33 Å². The number of nitrogens with one attached hydrogen (secondary N) is 3. The summed E-state index contributed by atoms with van der Waals surface area (Å²) in [6.07, 6.45) is 2.03. The van der Waals surface area contributed by atoms with Crippen LogP contribution < -0.4 is 15.5 Å². The van der Waals surface area contributed by atoms with E-state index in [1.54, 1.807) is 13.4 Å². The molecule has 9 nitrogen and oxygen atoms in total. The SMILES string of the molecule is CNc1nc(N2CCC(NC(=O)OC)C2)c2[nH]cnc2n1. The molecule has 1 atom stereocenters. The Balaban J connectivity index is 1.84. The van der Waals surface area contributed by atoms with Gasteiger partial charge in [0.25, 0.3) is 0 Å². The van der Waals surface area contributed by atoms with E-state index in [-0.39, 0.29) is 6.04 Å². The average molecular weight is 291 g/mol. The number of H-pyrrole nitrogens is 1. The minimum Gasteiger partial charge on any atom is -0.453 e. The summed E-state index contributed by atoms with van der Waals surface area (Å²) in [5.41, 5.74) is 1.42. The van der Waals surface area contributed by atoms with Crippen LogP contribution in [-0.2, 0) is 4.74 Å². The number of aromatic nitrogens is 4. The fraction of sp³-hybridized carbons (Fsp3) is 0.500. The maximum atomic E-state index is 11.3. The third-order valence-corrected chi connectivity index (χ3v) is 3.49. The third-order valence-electron chi connectivity index (χ3n) is 3.49. The van der Waals surface area contributed by atoms with Crippen LogP contribution in [-0.4, -0.2) is 59.3 Å². The number of carbonyl (C=O) groups excluding carboxylic acids is 1. The molecule has 1 saturated heterocycles. The van der Waals surface area contributed by atoms with Crippen molar-refractivity contribution in [3.8, 4) is 0 Å². The van der Waals surface area contributed by atoms with E-state index in [2.05, 4.69) is 40.2 Å². The fourth-order valence-electron chi connectivity index (χ4n) is 2.45. The van der Waals surface area contributed by atoms with Crippen LogP contribution in [0.4, 0.5) is 16.6 Å². The van der Waals surface area contributed by atoms with Gasteiger partial charge in [0, 0.05) is 20.1 Å². The second-order valence-electron chi connectivity index (χ2n) is 4.79. The highest BCUT2D eigenvalue weighted by Gasteiger charge is 2.27. The van der Waals surface area contributed by atoms with Crippen LogP contribution >= 0.6 is 0 Å². The average Bonchev–Trinajstić information content (AvgIpc) is 3.14. The standard InChI is InChI=1S/C12H17N7O2/c1-13-11-17-9-8(14-6-15-9)10(18-11)19-4-3-7(5-19)16-12(20)21-2/h6-7H,3-5H2,1-2H3,(H,16,20)(H2,13,14,15,17,18). The summed E-state index contributed by atoms with van der Waals surface area (Å²) in [6, 6.07) is 0.0448. The summed E-state index contributed by atoms with van der Waals surface area (Å²) >= 11 is 0. The lowest BCUT2D eigenvalue weighted by Crippen LogP contribution is -2.37. The molecule has 1 aliphatic rings. The number of imidazole rings is 1. The van der Waals surface area contributed by atoms with Crippen LogP contribution in [0.15, 0.2) is 6.33 Å². The molecule has 1 fully saturated rings. The Morgan fingerprint density at radius 1 is 1.52 bits per heavy atom. The van der Waals surface area contributed by atoms with Crippen molar-refractivity contribution in [2.45, 2.75) is 12.5 Å². The Hall–Kier alpha value is -2.58. The van der Waals surface area contributed by atoms with Crippen molar-refractivity contribution in [2.75, 3.05) is 37.5 Å². The molecule has 21 heavy (non-hydrogen) atoms. The highest BCUT2D eigenvalue weighted by atomic mass is 16.5. The molecule has 1 amide bonds. The molecule has 2 aromatic heterocycles. The molecule has 0 saturated carbocycles. The number of fused-ring (bicyclic) bond motifs is 1. The summed E-state index contributed by atoms with van der Waals surface area (Å²) in [6.45, 7) is 1.46. The van der Waals surface area contributed by atoms with E-state index in [1.165, 1.54) is 7.11 Å². The zero-order valence-corrected chi connectivity index (χ0v) is 11.9. The van der Waals surface area contributed by atoms with Gasteiger partial charge in [-0.1, -0.05) is 0 Å². The predicted octanol–water partition coefficient (Wildman–Crippen LogP) is 0.329. The van der Waals surface area contributed by atoms with Crippen LogP contribution in [0.5, 0.6) is 0 Å². The van der Waals surface area contributed by atoms with E-state index in [1.807, 2.05) is 0 Å². The van der Waals surface area contributed by atoms with Crippen LogP contribution in [0, 0.1) is 0 Å². The molecule has 1 aliphatic heterocycles. The van der Waals surface area contributed by atoms with Gasteiger partial charge in [-0.2, -0.15) is 9.97 Å². The smallest absolute Gasteiger partial charge is 0.407 e. The summed E-state index contributed by atoms with van der Waals surface area (Å²) in [5, 5.41) is 5.74. The van der Waals surface area contributed by atoms with E-state index >= 15 is 0 Å². The Morgan fingerprint density at radius 3 is 3.14 bits per heavy atom. The number of amides is 1. The maximum absolute atomic E-state index is 11.3.